The summed E-state index contributed by atoms with van der Waals surface area (Å²) >= 11 is 1.79. The molecule has 0 spiro atoms. The average molecular weight is 268 g/mol. The number of ether oxygens (including phenoxy) is 1. The van der Waals surface area contributed by atoms with E-state index in [2.05, 4.69) is 18.5 Å². The minimum atomic E-state index is -0.146. The van der Waals surface area contributed by atoms with Crippen molar-refractivity contribution < 1.29 is 9.53 Å². The zero-order valence-electron chi connectivity index (χ0n) is 11.0. The lowest BCUT2D eigenvalue weighted by molar-refractivity contribution is 0.0950. The first-order valence-corrected chi connectivity index (χ1v) is 7.11. The second kappa shape index (κ2) is 7.16. The number of hydrogen-bond acceptors (Lipinski definition) is 4. The summed E-state index contributed by atoms with van der Waals surface area (Å²) in [4.78, 5) is 12.0. The van der Waals surface area contributed by atoms with Crippen LogP contribution >= 0.6 is 11.8 Å². The van der Waals surface area contributed by atoms with Crippen LogP contribution < -0.4 is 15.8 Å². The molecular weight excluding hydrogens is 248 g/mol. The second-order valence-electron chi connectivity index (χ2n) is 4.05. The van der Waals surface area contributed by atoms with Gasteiger partial charge in [0.15, 0.2) is 0 Å². The molecular formula is C13H20N2O2S. The van der Waals surface area contributed by atoms with E-state index < -0.39 is 0 Å². The maximum absolute atomic E-state index is 12.0. The summed E-state index contributed by atoms with van der Waals surface area (Å²) in [5, 5.41) is 3.41. The minimum Gasteiger partial charge on any atom is -0.496 e. The molecule has 3 N–H and O–H groups in total. The van der Waals surface area contributed by atoms with Crippen molar-refractivity contribution in [3.8, 4) is 5.75 Å². The molecule has 5 heteroatoms. The Labute approximate surface area is 112 Å². The molecule has 18 heavy (non-hydrogen) atoms. The number of anilines is 1. The molecule has 100 valence electrons. The number of nitrogens with one attached hydrogen (secondary N) is 1. The van der Waals surface area contributed by atoms with Crippen molar-refractivity contribution in [3.05, 3.63) is 23.8 Å². The van der Waals surface area contributed by atoms with Gasteiger partial charge in [-0.15, -0.1) is 0 Å². The predicted octanol–water partition coefficient (Wildman–Crippen LogP) is 2.15. The van der Waals surface area contributed by atoms with E-state index in [1.807, 2.05) is 0 Å². The lowest BCUT2D eigenvalue weighted by Crippen LogP contribution is -2.26. The minimum absolute atomic E-state index is 0.146. The molecule has 0 aromatic heterocycles. The molecule has 0 bridgehead atoms. The third-order valence-electron chi connectivity index (χ3n) is 2.71. The molecule has 0 heterocycles. The van der Waals surface area contributed by atoms with Gasteiger partial charge < -0.3 is 15.8 Å². The Bertz CT molecular complexity index is 410. The fourth-order valence-corrected chi connectivity index (χ4v) is 1.86. The molecule has 0 aliphatic heterocycles. The highest BCUT2D eigenvalue weighted by Crippen LogP contribution is 2.20. The topological polar surface area (TPSA) is 64.3 Å². The Morgan fingerprint density at radius 1 is 1.56 bits per heavy atom. The smallest absolute Gasteiger partial charge is 0.255 e. The van der Waals surface area contributed by atoms with E-state index >= 15 is 0 Å². The molecule has 1 amide bonds. The van der Waals surface area contributed by atoms with E-state index in [-0.39, 0.29) is 5.91 Å². The number of nitrogen functional groups attached to an aromatic ring is 1. The van der Waals surface area contributed by atoms with E-state index in [1.54, 1.807) is 30.0 Å². The molecule has 1 rings (SSSR count). The van der Waals surface area contributed by atoms with E-state index in [0.717, 1.165) is 6.42 Å². The zero-order valence-corrected chi connectivity index (χ0v) is 11.8. The van der Waals surface area contributed by atoms with Gasteiger partial charge in [0, 0.05) is 17.5 Å². The van der Waals surface area contributed by atoms with Crippen LogP contribution in [0.5, 0.6) is 5.75 Å². The zero-order chi connectivity index (χ0) is 13.5. The number of carbonyl (C=O) groups excluding carboxylic acids is 1. The highest BCUT2D eigenvalue weighted by atomic mass is 32.2. The van der Waals surface area contributed by atoms with Gasteiger partial charge >= 0.3 is 0 Å². The quantitative estimate of drug-likeness (QED) is 0.776. The SMILES string of the molecule is COc1ccc(N)cc1C(=O)NCCC(C)SC. The molecule has 0 fully saturated rings. The van der Waals surface area contributed by atoms with E-state index in [0.29, 0.717) is 28.8 Å². The van der Waals surface area contributed by atoms with E-state index in [9.17, 15) is 4.79 Å². The first-order valence-electron chi connectivity index (χ1n) is 5.83. The van der Waals surface area contributed by atoms with Crippen LogP contribution in [0.2, 0.25) is 0 Å². The number of amides is 1. The van der Waals surface area contributed by atoms with E-state index in [4.69, 9.17) is 10.5 Å². The third-order valence-corrected chi connectivity index (χ3v) is 3.75. The highest BCUT2D eigenvalue weighted by molar-refractivity contribution is 7.99. The molecule has 1 unspecified atom stereocenters. The van der Waals surface area contributed by atoms with Gasteiger partial charge in [-0.3, -0.25) is 4.79 Å². The normalized spacial score (nSPS) is 11.9. The van der Waals surface area contributed by atoms with Crippen LogP contribution in [0.25, 0.3) is 0 Å². The number of nitrogens with two attached hydrogens (primary N) is 1. The summed E-state index contributed by atoms with van der Waals surface area (Å²) < 4.78 is 5.15. The van der Waals surface area contributed by atoms with Crippen molar-refractivity contribution in [1.82, 2.24) is 5.32 Å². The fraction of sp³-hybridized carbons (Fsp3) is 0.462. The van der Waals surface area contributed by atoms with Gasteiger partial charge in [-0.1, -0.05) is 6.92 Å². The van der Waals surface area contributed by atoms with Crippen LogP contribution in [0.15, 0.2) is 18.2 Å². The second-order valence-corrected chi connectivity index (χ2v) is 5.33. The van der Waals surface area contributed by atoms with Gasteiger partial charge in [0.25, 0.3) is 5.91 Å². The van der Waals surface area contributed by atoms with Crippen LogP contribution in [-0.2, 0) is 0 Å². The van der Waals surface area contributed by atoms with Crippen LogP contribution in [0, 0.1) is 0 Å². The van der Waals surface area contributed by atoms with E-state index in [1.165, 1.54) is 7.11 Å². The fourth-order valence-electron chi connectivity index (χ4n) is 1.51. The summed E-state index contributed by atoms with van der Waals surface area (Å²) in [6.07, 6.45) is 3.00. The van der Waals surface area contributed by atoms with Gasteiger partial charge in [-0.2, -0.15) is 11.8 Å². The predicted molar refractivity (Wildman–Crippen MR) is 77.3 cm³/mol. The summed E-state index contributed by atoms with van der Waals surface area (Å²) in [5.41, 5.74) is 6.71. The van der Waals surface area contributed by atoms with Gasteiger partial charge in [-0.25, -0.2) is 0 Å². The van der Waals surface area contributed by atoms with Crippen LogP contribution in [-0.4, -0.2) is 31.1 Å². The standard InChI is InChI=1S/C13H20N2O2S/c1-9(18-3)6-7-15-13(16)11-8-10(14)4-5-12(11)17-2/h4-5,8-9H,6-7,14H2,1-3H3,(H,15,16). The Kier molecular flexibility index (Phi) is 5.85. The van der Waals surface area contributed by atoms with Crippen molar-refractivity contribution in [2.45, 2.75) is 18.6 Å². The van der Waals surface area contributed by atoms with Crippen LogP contribution in [0.4, 0.5) is 5.69 Å². The van der Waals surface area contributed by atoms with Gasteiger partial charge in [0.05, 0.1) is 12.7 Å². The van der Waals surface area contributed by atoms with Crippen LogP contribution in [0.3, 0.4) is 0 Å². The lowest BCUT2D eigenvalue weighted by Gasteiger charge is -2.11. The van der Waals surface area contributed by atoms with Crippen LogP contribution in [0.1, 0.15) is 23.7 Å². The van der Waals surface area contributed by atoms with Crippen molar-refractivity contribution >= 4 is 23.4 Å². The van der Waals surface area contributed by atoms with Crippen molar-refractivity contribution in [2.24, 2.45) is 0 Å². The summed E-state index contributed by atoms with van der Waals surface area (Å²) in [6.45, 7) is 2.79. The number of carbonyl (C=O) groups is 1. The molecule has 1 atom stereocenters. The molecule has 1 aromatic carbocycles. The number of benzene rings is 1. The Morgan fingerprint density at radius 3 is 2.89 bits per heavy atom. The molecule has 4 nitrogen and oxygen atoms in total. The average Bonchev–Trinajstić information content (AvgIpc) is 2.38. The van der Waals surface area contributed by atoms with Crippen molar-refractivity contribution in [1.29, 1.82) is 0 Å². The largest absolute Gasteiger partial charge is 0.496 e. The van der Waals surface area contributed by atoms with Gasteiger partial charge in [0.2, 0.25) is 0 Å². The Hall–Kier alpha value is -1.36. The van der Waals surface area contributed by atoms with Gasteiger partial charge in [0.1, 0.15) is 5.75 Å². The summed E-state index contributed by atoms with van der Waals surface area (Å²) in [7, 11) is 1.54. The third kappa shape index (κ3) is 4.14. The Morgan fingerprint density at radius 2 is 2.28 bits per heavy atom. The Balaban J connectivity index is 2.63. The maximum Gasteiger partial charge on any atom is 0.255 e. The maximum atomic E-state index is 12.0. The monoisotopic (exact) mass is 268 g/mol. The molecule has 0 aliphatic carbocycles. The molecule has 0 radical (unpaired) electrons. The molecule has 1 aromatic rings. The van der Waals surface area contributed by atoms with Gasteiger partial charge in [-0.05, 0) is 30.9 Å². The van der Waals surface area contributed by atoms with Crippen molar-refractivity contribution in [2.75, 3.05) is 25.6 Å². The molecule has 0 saturated carbocycles. The first kappa shape index (κ1) is 14.7. The highest BCUT2D eigenvalue weighted by Gasteiger charge is 2.12. The number of methoxy groups -OCH3 is 1. The number of hydrogen-bond donors (Lipinski definition) is 2. The molecule has 0 aliphatic rings. The summed E-state index contributed by atoms with van der Waals surface area (Å²) in [5.74, 6) is 0.395. The first-order chi connectivity index (χ1) is 8.58. The summed E-state index contributed by atoms with van der Waals surface area (Å²) in [6, 6.07) is 5.05. The number of rotatable bonds is 6. The molecule has 0 saturated heterocycles. The van der Waals surface area contributed by atoms with Crippen molar-refractivity contribution in [3.63, 3.8) is 0 Å². The lowest BCUT2D eigenvalue weighted by atomic mass is 10.1. The number of thioether (sulfide) groups is 1.